The first-order valence-corrected chi connectivity index (χ1v) is 8.29. The summed E-state index contributed by atoms with van der Waals surface area (Å²) in [6, 6.07) is 7.70. The summed E-state index contributed by atoms with van der Waals surface area (Å²) in [5.41, 5.74) is 0.730. The Hall–Kier alpha value is -3.62. The van der Waals surface area contributed by atoms with Crippen molar-refractivity contribution in [2.24, 2.45) is 0 Å². The van der Waals surface area contributed by atoms with E-state index in [-0.39, 0.29) is 30.3 Å². The molecule has 1 aromatic heterocycles. The number of nitrogens with one attached hydrogen (secondary N) is 1. The predicted molar refractivity (Wildman–Crippen MR) is 99.5 cm³/mol. The van der Waals surface area contributed by atoms with Crippen LogP contribution in [0.2, 0.25) is 0 Å². The van der Waals surface area contributed by atoms with E-state index in [2.05, 4.69) is 10.3 Å². The average Bonchev–Trinajstić information content (AvgIpc) is 2.70. The number of methoxy groups -OCH3 is 1. The number of rotatable bonds is 8. The van der Waals surface area contributed by atoms with E-state index in [9.17, 15) is 14.4 Å². The fraction of sp³-hybridized carbons (Fsp3) is 0.263. The number of carboxylic acids is 1. The molecule has 0 atom stereocenters. The fourth-order valence-corrected chi connectivity index (χ4v) is 2.18. The van der Waals surface area contributed by atoms with Crippen molar-refractivity contribution < 1.29 is 29.0 Å². The van der Waals surface area contributed by atoms with Gasteiger partial charge < -0.3 is 24.8 Å². The van der Waals surface area contributed by atoms with E-state index in [1.54, 1.807) is 32.3 Å². The second-order valence-corrected chi connectivity index (χ2v) is 5.98. The smallest absolute Gasteiger partial charge is 0.354 e. The Balaban J connectivity index is 2.02. The van der Waals surface area contributed by atoms with Crippen molar-refractivity contribution >= 4 is 17.8 Å². The van der Waals surface area contributed by atoms with E-state index < -0.39 is 11.9 Å². The highest BCUT2D eigenvalue weighted by molar-refractivity contribution is 5.96. The Morgan fingerprint density at radius 1 is 1.14 bits per heavy atom. The Bertz CT molecular complexity index is 882. The highest BCUT2D eigenvalue weighted by atomic mass is 16.5. The van der Waals surface area contributed by atoms with Crippen LogP contribution in [0.5, 0.6) is 11.5 Å². The second-order valence-electron chi connectivity index (χ2n) is 5.98. The van der Waals surface area contributed by atoms with Crippen LogP contribution in [0.15, 0.2) is 36.5 Å². The normalized spacial score (nSPS) is 10.1. The maximum absolute atomic E-state index is 12.2. The van der Waals surface area contributed by atoms with E-state index in [0.29, 0.717) is 11.5 Å². The molecule has 0 bridgehead atoms. The van der Waals surface area contributed by atoms with E-state index >= 15 is 0 Å². The molecule has 0 aliphatic carbocycles. The summed E-state index contributed by atoms with van der Waals surface area (Å²) in [5.74, 6) is -0.983. The zero-order valence-corrected chi connectivity index (χ0v) is 15.8. The summed E-state index contributed by atoms with van der Waals surface area (Å²) in [5, 5.41) is 11.6. The minimum atomic E-state index is -1.21. The van der Waals surface area contributed by atoms with Crippen molar-refractivity contribution in [1.82, 2.24) is 15.2 Å². The van der Waals surface area contributed by atoms with Gasteiger partial charge in [0.1, 0.15) is 5.69 Å². The molecular formula is C19H21N3O6. The summed E-state index contributed by atoms with van der Waals surface area (Å²) in [6.45, 7) is 0.0736. The van der Waals surface area contributed by atoms with E-state index in [1.807, 2.05) is 0 Å². The number of aromatic carboxylic acids is 1. The maximum Gasteiger partial charge on any atom is 0.354 e. The number of carbonyl (C=O) groups excluding carboxylic acids is 2. The molecule has 0 saturated heterocycles. The Kier molecular flexibility index (Phi) is 6.91. The third-order valence-corrected chi connectivity index (χ3v) is 3.77. The molecule has 0 fully saturated rings. The fourth-order valence-electron chi connectivity index (χ4n) is 2.18. The van der Waals surface area contributed by atoms with Crippen LogP contribution in [-0.2, 0) is 11.3 Å². The van der Waals surface area contributed by atoms with Gasteiger partial charge in [0.15, 0.2) is 18.1 Å². The number of benzene rings is 1. The number of pyridine rings is 1. The van der Waals surface area contributed by atoms with Gasteiger partial charge in [-0.2, -0.15) is 0 Å². The number of ether oxygens (including phenoxy) is 2. The van der Waals surface area contributed by atoms with Crippen LogP contribution in [0.3, 0.4) is 0 Å². The van der Waals surface area contributed by atoms with Gasteiger partial charge in [-0.3, -0.25) is 9.59 Å². The van der Waals surface area contributed by atoms with Gasteiger partial charge in [0, 0.05) is 32.4 Å². The molecule has 0 radical (unpaired) electrons. The number of carboxylic acid groups (broad SMARTS) is 1. The van der Waals surface area contributed by atoms with Crippen LogP contribution in [0.25, 0.3) is 0 Å². The molecule has 9 nitrogen and oxygen atoms in total. The predicted octanol–water partition coefficient (Wildman–Crippen LogP) is 1.19. The molecule has 9 heteroatoms. The molecule has 2 aromatic rings. The monoisotopic (exact) mass is 387 g/mol. The molecule has 0 aliphatic heterocycles. The lowest BCUT2D eigenvalue weighted by molar-refractivity contribution is -0.130. The van der Waals surface area contributed by atoms with Gasteiger partial charge in [0.2, 0.25) is 0 Å². The highest BCUT2D eigenvalue weighted by Crippen LogP contribution is 2.28. The van der Waals surface area contributed by atoms with E-state index in [4.69, 9.17) is 14.6 Å². The van der Waals surface area contributed by atoms with Crippen molar-refractivity contribution in [2.75, 3.05) is 27.8 Å². The second kappa shape index (κ2) is 9.36. The van der Waals surface area contributed by atoms with Gasteiger partial charge >= 0.3 is 5.97 Å². The Morgan fingerprint density at radius 3 is 2.54 bits per heavy atom. The molecule has 2 amide bonds. The topological polar surface area (TPSA) is 118 Å². The molecule has 2 N–H and O–H groups in total. The quantitative estimate of drug-likeness (QED) is 0.698. The van der Waals surface area contributed by atoms with Gasteiger partial charge in [0.25, 0.3) is 11.8 Å². The molecule has 1 heterocycles. The molecule has 0 unspecified atom stereocenters. The van der Waals surface area contributed by atoms with Crippen molar-refractivity contribution in [2.45, 2.75) is 6.54 Å². The molecule has 28 heavy (non-hydrogen) atoms. The van der Waals surface area contributed by atoms with Gasteiger partial charge in [-0.15, -0.1) is 0 Å². The minimum Gasteiger partial charge on any atom is -0.493 e. The molecule has 2 rings (SSSR count). The van der Waals surface area contributed by atoms with Crippen LogP contribution in [0.4, 0.5) is 0 Å². The lowest BCUT2D eigenvalue weighted by Gasteiger charge is -2.14. The number of carbonyl (C=O) groups is 3. The van der Waals surface area contributed by atoms with Gasteiger partial charge in [-0.05, 0) is 29.8 Å². The molecule has 0 spiro atoms. The van der Waals surface area contributed by atoms with Crippen molar-refractivity contribution in [3.05, 3.63) is 53.3 Å². The first kappa shape index (κ1) is 20.7. The summed E-state index contributed by atoms with van der Waals surface area (Å²) >= 11 is 0. The van der Waals surface area contributed by atoms with E-state index in [1.165, 1.54) is 30.3 Å². The summed E-state index contributed by atoms with van der Waals surface area (Å²) in [7, 11) is 4.75. The zero-order chi connectivity index (χ0) is 20.7. The van der Waals surface area contributed by atoms with Crippen molar-refractivity contribution in [3.63, 3.8) is 0 Å². The largest absolute Gasteiger partial charge is 0.493 e. The van der Waals surface area contributed by atoms with Crippen LogP contribution in [-0.4, -0.2) is 60.6 Å². The number of likely N-dealkylation sites (N-methyl/N-ethyl adjacent to an activating group) is 1. The zero-order valence-electron chi connectivity index (χ0n) is 15.8. The first-order chi connectivity index (χ1) is 13.3. The van der Waals surface area contributed by atoms with Gasteiger partial charge in [-0.1, -0.05) is 6.07 Å². The summed E-state index contributed by atoms with van der Waals surface area (Å²) < 4.78 is 10.7. The number of hydrogen-bond acceptors (Lipinski definition) is 6. The first-order valence-electron chi connectivity index (χ1n) is 8.29. The number of hydrogen-bond donors (Lipinski definition) is 2. The minimum absolute atomic E-state index is 0.118. The molecule has 1 aromatic carbocycles. The molecule has 0 aliphatic rings. The van der Waals surface area contributed by atoms with Crippen LogP contribution in [0.1, 0.15) is 26.4 Å². The lowest BCUT2D eigenvalue weighted by atomic mass is 10.1. The third kappa shape index (κ3) is 5.44. The molecule has 0 saturated carbocycles. The Labute approximate surface area is 161 Å². The van der Waals surface area contributed by atoms with Crippen LogP contribution < -0.4 is 14.8 Å². The summed E-state index contributed by atoms with van der Waals surface area (Å²) in [4.78, 5) is 39.9. The standard InChI is InChI=1S/C19H21N3O6/c1-22(2)17(23)11-28-15-5-4-12(8-16(15)27-3)10-21-18(24)13-6-7-20-14(9-13)19(25)26/h4-9H,10-11H2,1-3H3,(H,21,24)(H,25,26). The van der Waals surface area contributed by atoms with Gasteiger partial charge in [0.05, 0.1) is 7.11 Å². The number of nitrogens with zero attached hydrogens (tertiary/aromatic N) is 2. The highest BCUT2D eigenvalue weighted by Gasteiger charge is 2.12. The maximum atomic E-state index is 12.2. The molecule has 148 valence electrons. The third-order valence-electron chi connectivity index (χ3n) is 3.77. The van der Waals surface area contributed by atoms with Crippen LogP contribution >= 0.6 is 0 Å². The number of amides is 2. The SMILES string of the molecule is COc1cc(CNC(=O)c2ccnc(C(=O)O)c2)ccc1OCC(=O)N(C)C. The van der Waals surface area contributed by atoms with E-state index in [0.717, 1.165) is 5.56 Å². The van der Waals surface area contributed by atoms with Crippen LogP contribution in [0, 0.1) is 0 Å². The Morgan fingerprint density at radius 2 is 1.89 bits per heavy atom. The average molecular weight is 387 g/mol. The summed E-state index contributed by atoms with van der Waals surface area (Å²) in [6.07, 6.45) is 1.27. The lowest BCUT2D eigenvalue weighted by Crippen LogP contribution is -2.27. The number of aromatic nitrogens is 1. The molecular weight excluding hydrogens is 366 g/mol. The van der Waals surface area contributed by atoms with Crippen molar-refractivity contribution in [1.29, 1.82) is 0 Å². The van der Waals surface area contributed by atoms with Gasteiger partial charge in [-0.25, -0.2) is 9.78 Å². The van der Waals surface area contributed by atoms with Crippen molar-refractivity contribution in [3.8, 4) is 11.5 Å².